The van der Waals surface area contributed by atoms with Gasteiger partial charge in [-0.3, -0.25) is 4.79 Å². The molecule has 166 valence electrons. The Hall–Kier alpha value is -1.91. The van der Waals surface area contributed by atoms with Crippen LogP contribution in [0, 0.1) is 3.57 Å². The molecule has 0 aliphatic carbocycles. The molecule has 5 nitrogen and oxygen atoms in total. The van der Waals surface area contributed by atoms with Gasteiger partial charge in [0, 0.05) is 8.04 Å². The molecule has 3 rings (SSSR count). The van der Waals surface area contributed by atoms with Crippen LogP contribution in [0.2, 0.25) is 0 Å². The predicted molar refractivity (Wildman–Crippen MR) is 142 cm³/mol. The van der Waals surface area contributed by atoms with E-state index in [4.69, 9.17) is 9.47 Å². The fourth-order valence-electron chi connectivity index (χ4n) is 2.81. The zero-order chi connectivity index (χ0) is 22.9. The van der Waals surface area contributed by atoms with E-state index in [2.05, 4.69) is 65.0 Å². The van der Waals surface area contributed by atoms with Gasteiger partial charge in [0.1, 0.15) is 6.61 Å². The van der Waals surface area contributed by atoms with Gasteiger partial charge in [0.15, 0.2) is 11.5 Å². The van der Waals surface area contributed by atoms with Crippen molar-refractivity contribution in [1.82, 2.24) is 5.43 Å². The lowest BCUT2D eigenvalue weighted by atomic mass is 10.1. The van der Waals surface area contributed by atoms with Crippen molar-refractivity contribution in [2.75, 3.05) is 6.61 Å². The van der Waals surface area contributed by atoms with Crippen LogP contribution >= 0.6 is 54.5 Å². The van der Waals surface area contributed by atoms with Crippen LogP contribution in [0.3, 0.4) is 0 Å². The summed E-state index contributed by atoms with van der Waals surface area (Å²) >= 11 is 9.22. The van der Waals surface area contributed by atoms with E-state index >= 15 is 0 Å². The molecule has 0 heterocycles. The fraction of sp³-hybridized carbons (Fsp3) is 0.167. The molecule has 0 aliphatic heterocycles. The first-order chi connectivity index (χ1) is 15.4. The number of carbonyl (C=O) groups excluding carboxylic acids is 1. The van der Waals surface area contributed by atoms with Gasteiger partial charge in [-0.05, 0) is 98.5 Å². The third-order valence-electron chi connectivity index (χ3n) is 4.31. The second-order valence-electron chi connectivity index (χ2n) is 6.77. The van der Waals surface area contributed by atoms with Crippen molar-refractivity contribution >= 4 is 66.6 Å². The Kier molecular flexibility index (Phi) is 9.55. The smallest absolute Gasteiger partial charge is 0.244 e. The van der Waals surface area contributed by atoms with Gasteiger partial charge in [-0.2, -0.15) is 5.10 Å². The number of carbonyl (C=O) groups is 1. The lowest BCUT2D eigenvalue weighted by molar-refractivity contribution is -0.120. The van der Waals surface area contributed by atoms with Crippen molar-refractivity contribution in [3.05, 3.63) is 89.9 Å². The molecule has 3 aromatic carbocycles. The number of ether oxygens (including phenoxy) is 2. The summed E-state index contributed by atoms with van der Waals surface area (Å²) in [6.45, 7) is 2.84. The van der Waals surface area contributed by atoms with E-state index in [-0.39, 0.29) is 12.3 Å². The Morgan fingerprint density at radius 1 is 1.03 bits per heavy atom. The topological polar surface area (TPSA) is 59.9 Å². The quantitative estimate of drug-likeness (QED) is 0.161. The third kappa shape index (κ3) is 7.60. The van der Waals surface area contributed by atoms with Crippen LogP contribution in [-0.4, -0.2) is 18.7 Å². The molecule has 0 fully saturated rings. The number of amides is 1. The van der Waals surface area contributed by atoms with Crippen LogP contribution in [-0.2, 0) is 17.8 Å². The van der Waals surface area contributed by atoms with Crippen LogP contribution in [0.5, 0.6) is 11.5 Å². The summed E-state index contributed by atoms with van der Waals surface area (Å²) in [4.78, 5) is 12.1. The molecule has 32 heavy (non-hydrogen) atoms. The first-order valence-electron chi connectivity index (χ1n) is 9.84. The predicted octanol–water partition coefficient (Wildman–Crippen LogP) is 6.49. The number of nitrogens with one attached hydrogen (secondary N) is 1. The molecule has 0 radical (unpaired) electrons. The van der Waals surface area contributed by atoms with Crippen molar-refractivity contribution in [3.63, 3.8) is 0 Å². The SMILES string of the molecule is CCOc1cc(/C=N\NC(=O)Cc2ccc(Br)cc2)cc(Br)c1OCc1ccc(I)cc1. The lowest BCUT2D eigenvalue weighted by Gasteiger charge is -2.14. The second kappa shape index (κ2) is 12.4. The standard InChI is InChI=1S/C24H21Br2IN2O3/c1-2-31-22-12-18(14-28-29-23(30)13-16-3-7-19(25)8-4-16)11-21(26)24(22)32-15-17-5-9-20(27)10-6-17/h3-12,14H,2,13,15H2,1H3,(H,29,30)/b28-14-. The van der Waals surface area contributed by atoms with E-state index in [1.807, 2.05) is 67.6 Å². The molecular weight excluding hydrogens is 651 g/mol. The van der Waals surface area contributed by atoms with Gasteiger partial charge in [0.25, 0.3) is 0 Å². The van der Waals surface area contributed by atoms with Crippen LogP contribution in [0.15, 0.2) is 74.7 Å². The Morgan fingerprint density at radius 2 is 1.72 bits per heavy atom. The highest BCUT2D eigenvalue weighted by Gasteiger charge is 2.12. The van der Waals surface area contributed by atoms with E-state index in [0.29, 0.717) is 24.7 Å². The molecular formula is C24H21Br2IN2O3. The average Bonchev–Trinajstić information content (AvgIpc) is 2.76. The van der Waals surface area contributed by atoms with Crippen LogP contribution < -0.4 is 14.9 Å². The molecule has 0 aromatic heterocycles. The van der Waals surface area contributed by atoms with Gasteiger partial charge in [-0.15, -0.1) is 0 Å². The zero-order valence-electron chi connectivity index (χ0n) is 17.3. The van der Waals surface area contributed by atoms with E-state index in [9.17, 15) is 4.79 Å². The normalized spacial score (nSPS) is 10.9. The molecule has 1 amide bonds. The van der Waals surface area contributed by atoms with Gasteiger partial charge in [-0.25, -0.2) is 5.43 Å². The lowest BCUT2D eigenvalue weighted by Crippen LogP contribution is -2.19. The number of hydrogen-bond acceptors (Lipinski definition) is 4. The van der Waals surface area contributed by atoms with Crippen LogP contribution in [0.1, 0.15) is 23.6 Å². The Labute approximate surface area is 218 Å². The average molecular weight is 672 g/mol. The van der Waals surface area contributed by atoms with Gasteiger partial charge >= 0.3 is 0 Å². The summed E-state index contributed by atoms with van der Waals surface area (Å²) in [6, 6.07) is 19.5. The molecule has 0 atom stereocenters. The summed E-state index contributed by atoms with van der Waals surface area (Å²) in [5.74, 6) is 1.04. The fourth-order valence-corrected chi connectivity index (χ4v) is 4.01. The summed E-state index contributed by atoms with van der Waals surface area (Å²) in [7, 11) is 0. The third-order valence-corrected chi connectivity index (χ3v) is 6.15. The van der Waals surface area contributed by atoms with Gasteiger partial charge < -0.3 is 9.47 Å². The molecule has 8 heteroatoms. The number of hydrazone groups is 1. The largest absolute Gasteiger partial charge is 0.490 e. The number of benzene rings is 3. The minimum atomic E-state index is -0.190. The monoisotopic (exact) mass is 670 g/mol. The Morgan fingerprint density at radius 3 is 2.41 bits per heavy atom. The van der Waals surface area contributed by atoms with Crippen molar-refractivity contribution in [2.45, 2.75) is 20.0 Å². The van der Waals surface area contributed by atoms with Crippen molar-refractivity contribution in [3.8, 4) is 11.5 Å². The molecule has 0 aliphatic rings. The van der Waals surface area contributed by atoms with Gasteiger partial charge in [0.2, 0.25) is 5.91 Å². The Bertz CT molecular complexity index is 1090. The minimum absolute atomic E-state index is 0.190. The second-order valence-corrected chi connectivity index (χ2v) is 9.79. The maximum atomic E-state index is 12.1. The van der Waals surface area contributed by atoms with E-state index < -0.39 is 0 Å². The number of rotatable bonds is 9. The molecule has 0 unspecified atom stereocenters. The first kappa shape index (κ1) is 24.7. The zero-order valence-corrected chi connectivity index (χ0v) is 22.6. The van der Waals surface area contributed by atoms with E-state index in [0.717, 1.165) is 25.6 Å². The number of halogens is 3. The van der Waals surface area contributed by atoms with Crippen molar-refractivity contribution < 1.29 is 14.3 Å². The highest BCUT2D eigenvalue weighted by atomic mass is 127. The number of hydrogen-bond donors (Lipinski definition) is 1. The molecule has 0 saturated carbocycles. The summed E-state index contributed by atoms with van der Waals surface area (Å²) in [5, 5.41) is 4.08. The van der Waals surface area contributed by atoms with Crippen molar-refractivity contribution in [1.29, 1.82) is 0 Å². The Balaban J connectivity index is 1.65. The minimum Gasteiger partial charge on any atom is -0.490 e. The van der Waals surface area contributed by atoms with Gasteiger partial charge in [0.05, 0.1) is 23.7 Å². The maximum absolute atomic E-state index is 12.1. The summed E-state index contributed by atoms with van der Waals surface area (Å²) in [6.07, 6.45) is 1.83. The van der Waals surface area contributed by atoms with E-state index in [1.165, 1.54) is 3.57 Å². The van der Waals surface area contributed by atoms with Crippen molar-refractivity contribution in [2.24, 2.45) is 5.10 Å². The summed E-state index contributed by atoms with van der Waals surface area (Å²) in [5.41, 5.74) is 5.31. The maximum Gasteiger partial charge on any atom is 0.244 e. The molecule has 0 spiro atoms. The highest BCUT2D eigenvalue weighted by molar-refractivity contribution is 14.1. The van der Waals surface area contributed by atoms with Gasteiger partial charge in [-0.1, -0.05) is 40.2 Å². The molecule has 0 bridgehead atoms. The van der Waals surface area contributed by atoms with E-state index in [1.54, 1.807) is 6.21 Å². The van der Waals surface area contributed by atoms with Crippen LogP contribution in [0.25, 0.3) is 0 Å². The molecule has 0 saturated heterocycles. The first-order valence-corrected chi connectivity index (χ1v) is 12.5. The number of nitrogens with zero attached hydrogens (tertiary/aromatic N) is 1. The highest BCUT2D eigenvalue weighted by Crippen LogP contribution is 2.37. The van der Waals surface area contributed by atoms with Crippen LogP contribution in [0.4, 0.5) is 0 Å². The summed E-state index contributed by atoms with van der Waals surface area (Å²) < 4.78 is 14.7. The molecule has 1 N–H and O–H groups in total. The molecule has 3 aromatic rings.